The third kappa shape index (κ3) is 10.2. The molecule has 0 bridgehead atoms. The van der Waals surface area contributed by atoms with Crippen molar-refractivity contribution in [2.75, 3.05) is 0 Å². The minimum atomic E-state index is -0.125. The van der Waals surface area contributed by atoms with Crippen molar-refractivity contribution in [2.45, 2.75) is 117 Å². The largest absolute Gasteiger partial charge is 0.508 e. The quantitative estimate of drug-likeness (QED) is 0.276. The Balaban J connectivity index is 2.44. The van der Waals surface area contributed by atoms with Crippen LogP contribution in [0.4, 0.5) is 0 Å². The maximum atomic E-state index is 12.4. The second kappa shape index (κ2) is 12.9. The lowest BCUT2D eigenvalue weighted by Crippen LogP contribution is -2.24. The van der Waals surface area contributed by atoms with Crippen LogP contribution in [0.3, 0.4) is 0 Å². The van der Waals surface area contributed by atoms with Crippen LogP contribution >= 0.6 is 0 Å². The average Bonchev–Trinajstić information content (AvgIpc) is 2.64. The summed E-state index contributed by atoms with van der Waals surface area (Å²) < 4.78 is 5.81. The zero-order chi connectivity index (χ0) is 21.9. The average molecular weight is 405 g/mol. The number of aryl methyl sites for hydroxylation is 1. The maximum absolute atomic E-state index is 12.4. The maximum Gasteiger partial charge on any atom is 0.306 e. The molecule has 0 saturated heterocycles. The van der Waals surface area contributed by atoms with Gasteiger partial charge < -0.3 is 9.84 Å². The Hall–Kier alpha value is -1.51. The molecule has 1 aromatic carbocycles. The molecule has 3 nitrogen and oxygen atoms in total. The first-order valence-corrected chi connectivity index (χ1v) is 11.7. The van der Waals surface area contributed by atoms with Crippen LogP contribution in [0.1, 0.15) is 110 Å². The number of hydrogen-bond donors (Lipinski definition) is 1. The van der Waals surface area contributed by atoms with Crippen molar-refractivity contribution in [3.63, 3.8) is 0 Å². The van der Waals surface area contributed by atoms with E-state index >= 15 is 0 Å². The van der Waals surface area contributed by atoms with Crippen molar-refractivity contribution >= 4 is 5.97 Å². The van der Waals surface area contributed by atoms with E-state index in [1.54, 1.807) is 6.07 Å². The lowest BCUT2D eigenvalue weighted by Gasteiger charge is -2.22. The van der Waals surface area contributed by atoms with Gasteiger partial charge in [0.15, 0.2) is 0 Å². The highest BCUT2D eigenvalue weighted by molar-refractivity contribution is 5.70. The van der Waals surface area contributed by atoms with Crippen molar-refractivity contribution in [3.8, 4) is 5.75 Å². The molecular formula is C26H44O3. The fourth-order valence-corrected chi connectivity index (χ4v) is 3.64. The molecule has 3 heteroatoms. The number of ether oxygens (including phenoxy) is 1. The van der Waals surface area contributed by atoms with Crippen LogP contribution in [0.5, 0.6) is 5.75 Å². The second-order valence-electron chi connectivity index (χ2n) is 9.78. The van der Waals surface area contributed by atoms with Gasteiger partial charge >= 0.3 is 5.97 Å². The van der Waals surface area contributed by atoms with Crippen LogP contribution < -0.4 is 0 Å². The van der Waals surface area contributed by atoms with Gasteiger partial charge in [-0.05, 0) is 47.8 Å². The molecular weight excluding hydrogens is 360 g/mol. The molecule has 0 radical (unpaired) electrons. The molecule has 0 fully saturated rings. The first-order chi connectivity index (χ1) is 13.6. The van der Waals surface area contributed by atoms with Gasteiger partial charge in [0.2, 0.25) is 0 Å². The van der Waals surface area contributed by atoms with E-state index in [1.807, 2.05) is 12.1 Å². The number of aromatic hydroxyl groups is 1. The van der Waals surface area contributed by atoms with Gasteiger partial charge in [-0.2, -0.15) is 0 Å². The lowest BCUT2D eigenvalue weighted by molar-refractivity contribution is -0.151. The molecule has 0 spiro atoms. The van der Waals surface area contributed by atoms with Gasteiger partial charge in [-0.15, -0.1) is 0 Å². The van der Waals surface area contributed by atoms with E-state index in [2.05, 4.69) is 41.5 Å². The predicted octanol–water partition coefficient (Wildman–Crippen LogP) is 7.33. The van der Waals surface area contributed by atoms with E-state index in [-0.39, 0.29) is 17.5 Å². The van der Waals surface area contributed by atoms with E-state index in [0.29, 0.717) is 24.5 Å². The van der Waals surface area contributed by atoms with Crippen molar-refractivity contribution < 1.29 is 14.6 Å². The number of benzene rings is 1. The second-order valence-corrected chi connectivity index (χ2v) is 9.78. The van der Waals surface area contributed by atoms with Gasteiger partial charge in [0.1, 0.15) is 11.9 Å². The SMILES string of the molecule is CCCCCCCCCC(OC(=O)CCc1ccc(O)c(C(C)(C)C)c1)C(C)C. The topological polar surface area (TPSA) is 46.5 Å². The zero-order valence-corrected chi connectivity index (χ0v) is 19.7. The lowest BCUT2D eigenvalue weighted by atomic mass is 9.85. The summed E-state index contributed by atoms with van der Waals surface area (Å²) in [6.07, 6.45) is 10.9. The molecule has 0 heterocycles. The van der Waals surface area contributed by atoms with E-state index in [1.165, 1.54) is 38.5 Å². The molecule has 1 unspecified atom stereocenters. The van der Waals surface area contributed by atoms with E-state index < -0.39 is 0 Å². The minimum Gasteiger partial charge on any atom is -0.508 e. The molecule has 0 aromatic heterocycles. The zero-order valence-electron chi connectivity index (χ0n) is 19.7. The Labute approximate surface area is 179 Å². The number of unbranched alkanes of at least 4 members (excludes halogenated alkanes) is 6. The van der Waals surface area contributed by atoms with Crippen LogP contribution in [0.15, 0.2) is 18.2 Å². The Morgan fingerprint density at radius 3 is 2.24 bits per heavy atom. The van der Waals surface area contributed by atoms with Crippen molar-refractivity contribution in [1.29, 1.82) is 0 Å². The Morgan fingerprint density at radius 2 is 1.66 bits per heavy atom. The molecule has 166 valence electrons. The summed E-state index contributed by atoms with van der Waals surface area (Å²) >= 11 is 0. The summed E-state index contributed by atoms with van der Waals surface area (Å²) in [7, 11) is 0. The third-order valence-electron chi connectivity index (χ3n) is 5.61. The fraction of sp³-hybridized carbons (Fsp3) is 0.731. The molecule has 1 atom stereocenters. The summed E-state index contributed by atoms with van der Waals surface area (Å²) in [4.78, 5) is 12.4. The third-order valence-corrected chi connectivity index (χ3v) is 5.61. The molecule has 0 amide bonds. The van der Waals surface area contributed by atoms with E-state index in [4.69, 9.17) is 4.74 Å². The highest BCUT2D eigenvalue weighted by atomic mass is 16.5. The molecule has 29 heavy (non-hydrogen) atoms. The van der Waals surface area contributed by atoms with Crippen molar-refractivity contribution in [2.24, 2.45) is 5.92 Å². The predicted molar refractivity (Wildman–Crippen MR) is 122 cm³/mol. The summed E-state index contributed by atoms with van der Waals surface area (Å²) in [5.41, 5.74) is 1.86. The number of hydrogen-bond acceptors (Lipinski definition) is 3. The van der Waals surface area contributed by atoms with Gasteiger partial charge in [-0.1, -0.05) is 92.2 Å². The van der Waals surface area contributed by atoms with Crippen LogP contribution in [0.25, 0.3) is 0 Å². The van der Waals surface area contributed by atoms with Gasteiger partial charge in [-0.3, -0.25) is 4.79 Å². The van der Waals surface area contributed by atoms with Crippen LogP contribution in [-0.2, 0) is 21.4 Å². The summed E-state index contributed by atoms with van der Waals surface area (Å²) in [5, 5.41) is 10.1. The van der Waals surface area contributed by atoms with Gasteiger partial charge in [0, 0.05) is 6.42 Å². The summed E-state index contributed by atoms with van der Waals surface area (Å²) in [6, 6.07) is 5.65. The highest BCUT2D eigenvalue weighted by Gasteiger charge is 2.20. The van der Waals surface area contributed by atoms with Gasteiger partial charge in [-0.25, -0.2) is 0 Å². The van der Waals surface area contributed by atoms with E-state index in [9.17, 15) is 9.90 Å². The number of phenols is 1. The molecule has 0 saturated carbocycles. The van der Waals surface area contributed by atoms with Crippen LogP contribution in [0.2, 0.25) is 0 Å². The monoisotopic (exact) mass is 404 g/mol. The number of rotatable bonds is 13. The Kier molecular flexibility index (Phi) is 11.4. The fourth-order valence-electron chi connectivity index (χ4n) is 3.64. The number of esters is 1. The molecule has 1 aromatic rings. The summed E-state index contributed by atoms with van der Waals surface area (Å²) in [6.45, 7) is 12.8. The van der Waals surface area contributed by atoms with Crippen molar-refractivity contribution in [3.05, 3.63) is 29.3 Å². The molecule has 0 aliphatic heterocycles. The van der Waals surface area contributed by atoms with Crippen LogP contribution in [-0.4, -0.2) is 17.2 Å². The standard InChI is InChI=1S/C26H44O3/c1-7-8-9-10-11-12-13-14-24(20(2)3)29-25(28)18-16-21-15-17-23(27)22(19-21)26(4,5)6/h15,17,19-20,24,27H,7-14,16,18H2,1-6H3. The smallest absolute Gasteiger partial charge is 0.306 e. The molecule has 0 aliphatic rings. The van der Waals surface area contributed by atoms with E-state index in [0.717, 1.165) is 24.0 Å². The molecule has 1 N–H and O–H groups in total. The van der Waals surface area contributed by atoms with Gasteiger partial charge in [0.05, 0.1) is 0 Å². The first kappa shape index (κ1) is 25.5. The van der Waals surface area contributed by atoms with Crippen LogP contribution in [0, 0.1) is 5.92 Å². The Morgan fingerprint density at radius 1 is 1.03 bits per heavy atom. The number of carbonyl (C=O) groups is 1. The number of phenolic OH excluding ortho intramolecular Hbond substituents is 1. The highest BCUT2D eigenvalue weighted by Crippen LogP contribution is 2.31. The molecule has 1 rings (SSSR count). The normalized spacial score (nSPS) is 12.9. The van der Waals surface area contributed by atoms with Crippen molar-refractivity contribution in [1.82, 2.24) is 0 Å². The Bertz CT molecular complexity index is 598. The summed E-state index contributed by atoms with van der Waals surface area (Å²) in [5.74, 6) is 0.552. The number of carbonyl (C=O) groups excluding carboxylic acids is 1. The molecule has 0 aliphatic carbocycles. The first-order valence-electron chi connectivity index (χ1n) is 11.7. The minimum absolute atomic E-state index is 0.0168. The van der Waals surface area contributed by atoms with Gasteiger partial charge in [0.25, 0.3) is 0 Å².